The van der Waals surface area contributed by atoms with Gasteiger partial charge in [0.25, 0.3) is 0 Å². The monoisotopic (exact) mass is 435 g/mol. The lowest BCUT2D eigenvalue weighted by Gasteiger charge is -2.13. The molecule has 9 heteroatoms. The normalized spacial score (nSPS) is 12.0. The molecule has 29 heavy (non-hydrogen) atoms. The second-order valence-corrected chi connectivity index (χ2v) is 8.13. The summed E-state index contributed by atoms with van der Waals surface area (Å²) < 4.78 is 19.4. The number of aromatic nitrogens is 1. The van der Waals surface area contributed by atoms with Crippen LogP contribution in [0.5, 0.6) is 5.75 Å². The summed E-state index contributed by atoms with van der Waals surface area (Å²) in [5.74, 6) is -0.464. The van der Waals surface area contributed by atoms with E-state index in [9.17, 15) is 14.5 Å². The van der Waals surface area contributed by atoms with Crippen LogP contribution in [-0.4, -0.2) is 9.91 Å². The van der Waals surface area contributed by atoms with Gasteiger partial charge in [0.1, 0.15) is 17.4 Å². The molecule has 0 aliphatic heterocycles. The van der Waals surface area contributed by atoms with Gasteiger partial charge in [0.15, 0.2) is 5.75 Å². The number of nitrogens with zero attached hydrogens (tertiary/aromatic N) is 2. The number of hydrogen-bond acceptors (Lipinski definition) is 6. The highest BCUT2D eigenvalue weighted by atomic mass is 35.5. The van der Waals surface area contributed by atoms with E-state index in [1.807, 2.05) is 20.0 Å². The zero-order chi connectivity index (χ0) is 21.0. The SMILES string of the molecule is Cc1cnc([C@H](C)NCc2ccc(OCc3c(F)cccc3Cl)c([N+](=O)[O-])c2)s1. The number of benzene rings is 2. The van der Waals surface area contributed by atoms with Crippen molar-refractivity contribution < 1.29 is 14.1 Å². The van der Waals surface area contributed by atoms with E-state index in [-0.39, 0.29) is 34.7 Å². The Kier molecular flexibility index (Phi) is 6.79. The van der Waals surface area contributed by atoms with Crippen molar-refractivity contribution in [3.8, 4) is 5.75 Å². The Morgan fingerprint density at radius 2 is 2.17 bits per heavy atom. The molecule has 0 fully saturated rings. The summed E-state index contributed by atoms with van der Waals surface area (Å²) in [6.45, 7) is 4.21. The first kappa shape index (κ1) is 21.2. The lowest BCUT2D eigenvalue weighted by Crippen LogP contribution is -2.18. The van der Waals surface area contributed by atoms with Crippen LogP contribution < -0.4 is 10.1 Å². The summed E-state index contributed by atoms with van der Waals surface area (Å²) in [5, 5.41) is 15.9. The van der Waals surface area contributed by atoms with Crippen LogP contribution in [0.3, 0.4) is 0 Å². The average molecular weight is 436 g/mol. The number of ether oxygens (including phenoxy) is 1. The van der Waals surface area contributed by atoms with Gasteiger partial charge in [-0.25, -0.2) is 9.37 Å². The number of hydrogen-bond donors (Lipinski definition) is 1. The maximum Gasteiger partial charge on any atom is 0.311 e. The van der Waals surface area contributed by atoms with E-state index >= 15 is 0 Å². The first-order valence-electron chi connectivity index (χ1n) is 8.84. The molecule has 2 aromatic carbocycles. The fraction of sp³-hybridized carbons (Fsp3) is 0.250. The molecule has 0 aliphatic carbocycles. The molecule has 6 nitrogen and oxygen atoms in total. The van der Waals surface area contributed by atoms with Gasteiger partial charge in [0, 0.05) is 29.2 Å². The summed E-state index contributed by atoms with van der Waals surface area (Å²) in [6.07, 6.45) is 1.82. The molecule has 0 spiro atoms. The third-order valence-corrected chi connectivity index (χ3v) is 5.73. The molecule has 152 valence electrons. The maximum absolute atomic E-state index is 13.9. The molecule has 0 unspecified atom stereocenters. The van der Waals surface area contributed by atoms with E-state index in [0.717, 1.165) is 15.4 Å². The molecule has 0 amide bonds. The number of nitro benzene ring substituents is 1. The van der Waals surface area contributed by atoms with Crippen LogP contribution in [0.2, 0.25) is 5.02 Å². The Labute approximate surface area is 176 Å². The third-order valence-electron chi connectivity index (χ3n) is 4.28. The van der Waals surface area contributed by atoms with Gasteiger partial charge in [-0.1, -0.05) is 23.7 Å². The molecular formula is C20H19ClFN3O3S. The third kappa shape index (κ3) is 5.29. The minimum absolute atomic E-state index is 0.0203. The second kappa shape index (κ2) is 9.30. The van der Waals surface area contributed by atoms with Crippen molar-refractivity contribution in [2.75, 3.05) is 0 Å². The topological polar surface area (TPSA) is 77.3 Å². The predicted octanol–water partition coefficient (Wildman–Crippen LogP) is 5.58. The van der Waals surface area contributed by atoms with Gasteiger partial charge >= 0.3 is 5.69 Å². The van der Waals surface area contributed by atoms with Gasteiger partial charge in [0.05, 0.1) is 16.0 Å². The van der Waals surface area contributed by atoms with Gasteiger partial charge in [-0.3, -0.25) is 10.1 Å². The molecule has 1 N–H and O–H groups in total. The van der Waals surface area contributed by atoms with Crippen molar-refractivity contribution >= 4 is 28.6 Å². The number of nitro groups is 1. The Morgan fingerprint density at radius 1 is 1.38 bits per heavy atom. The molecule has 3 rings (SSSR count). The highest BCUT2D eigenvalue weighted by molar-refractivity contribution is 7.11. The van der Waals surface area contributed by atoms with Crippen LogP contribution in [0.15, 0.2) is 42.6 Å². The van der Waals surface area contributed by atoms with Gasteiger partial charge in [-0.2, -0.15) is 0 Å². The molecule has 0 aliphatic rings. The summed E-state index contributed by atoms with van der Waals surface area (Å²) in [6, 6.07) is 9.01. The van der Waals surface area contributed by atoms with Crippen LogP contribution in [0.1, 0.15) is 34.0 Å². The minimum atomic E-state index is -0.521. The smallest absolute Gasteiger partial charge is 0.311 e. The van der Waals surface area contributed by atoms with Crippen molar-refractivity contribution in [1.29, 1.82) is 0 Å². The van der Waals surface area contributed by atoms with Crippen molar-refractivity contribution in [1.82, 2.24) is 10.3 Å². The van der Waals surface area contributed by atoms with Gasteiger partial charge in [-0.05, 0) is 37.6 Å². The Bertz CT molecular complexity index is 1010. The second-order valence-electron chi connectivity index (χ2n) is 6.46. The maximum atomic E-state index is 13.9. The lowest BCUT2D eigenvalue weighted by molar-refractivity contribution is -0.386. The highest BCUT2D eigenvalue weighted by Gasteiger charge is 2.18. The van der Waals surface area contributed by atoms with E-state index in [0.29, 0.717) is 6.54 Å². The van der Waals surface area contributed by atoms with E-state index in [2.05, 4.69) is 10.3 Å². The van der Waals surface area contributed by atoms with Crippen molar-refractivity contribution in [3.05, 3.63) is 84.6 Å². The lowest BCUT2D eigenvalue weighted by atomic mass is 10.1. The molecule has 1 atom stereocenters. The highest BCUT2D eigenvalue weighted by Crippen LogP contribution is 2.30. The van der Waals surface area contributed by atoms with E-state index < -0.39 is 10.7 Å². The molecule has 0 saturated carbocycles. The summed E-state index contributed by atoms with van der Waals surface area (Å²) in [5.41, 5.74) is 0.699. The molecule has 1 aromatic heterocycles. The van der Waals surface area contributed by atoms with E-state index in [4.69, 9.17) is 16.3 Å². The molecular weight excluding hydrogens is 417 g/mol. The zero-order valence-corrected chi connectivity index (χ0v) is 17.4. The van der Waals surface area contributed by atoms with Gasteiger partial charge < -0.3 is 10.1 Å². The van der Waals surface area contributed by atoms with Crippen LogP contribution in [0.4, 0.5) is 10.1 Å². The summed E-state index contributed by atoms with van der Waals surface area (Å²) in [4.78, 5) is 16.4. The van der Waals surface area contributed by atoms with E-state index in [1.165, 1.54) is 30.3 Å². The molecule has 1 heterocycles. The molecule has 0 bridgehead atoms. The fourth-order valence-corrected chi connectivity index (χ4v) is 3.71. The van der Waals surface area contributed by atoms with Crippen LogP contribution in [0.25, 0.3) is 0 Å². The first-order chi connectivity index (χ1) is 13.8. The molecule has 0 saturated heterocycles. The van der Waals surface area contributed by atoms with Crippen LogP contribution >= 0.6 is 22.9 Å². The van der Waals surface area contributed by atoms with Gasteiger partial charge in [0.2, 0.25) is 0 Å². The molecule has 3 aromatic rings. The Hall–Kier alpha value is -2.55. The van der Waals surface area contributed by atoms with Crippen molar-refractivity contribution in [2.45, 2.75) is 33.0 Å². The largest absolute Gasteiger partial charge is 0.482 e. The van der Waals surface area contributed by atoms with Crippen molar-refractivity contribution in [2.24, 2.45) is 0 Å². The molecule has 0 radical (unpaired) electrons. The number of thiazole rings is 1. The quantitative estimate of drug-likeness (QED) is 0.369. The average Bonchev–Trinajstić information content (AvgIpc) is 3.12. The Morgan fingerprint density at radius 3 is 2.83 bits per heavy atom. The van der Waals surface area contributed by atoms with Crippen molar-refractivity contribution in [3.63, 3.8) is 0 Å². The minimum Gasteiger partial charge on any atom is -0.482 e. The first-order valence-corrected chi connectivity index (χ1v) is 10.0. The van der Waals surface area contributed by atoms with Gasteiger partial charge in [-0.15, -0.1) is 11.3 Å². The number of aryl methyl sites for hydroxylation is 1. The van der Waals surface area contributed by atoms with E-state index in [1.54, 1.807) is 17.4 Å². The zero-order valence-electron chi connectivity index (χ0n) is 15.8. The number of rotatable bonds is 8. The predicted molar refractivity (Wildman–Crippen MR) is 111 cm³/mol. The van der Waals surface area contributed by atoms with Crippen LogP contribution in [-0.2, 0) is 13.2 Å². The number of halogens is 2. The summed E-state index contributed by atoms with van der Waals surface area (Å²) in [7, 11) is 0. The van der Waals surface area contributed by atoms with Crippen LogP contribution in [0, 0.1) is 22.9 Å². The summed E-state index contributed by atoms with van der Waals surface area (Å²) >= 11 is 7.58. The Balaban J connectivity index is 1.70. The fourth-order valence-electron chi connectivity index (χ4n) is 2.69. The standard InChI is InChI=1S/C20H19ClFN3O3S/c1-12-9-24-20(29-12)13(2)23-10-14-6-7-19(18(8-14)25(26)27)28-11-15-16(21)4-3-5-17(15)22/h3-9,13,23H,10-11H2,1-2H3/t13-/m0/s1. The number of nitrogens with one attached hydrogen (secondary N) is 1.